The van der Waals surface area contributed by atoms with Crippen molar-refractivity contribution < 1.29 is 4.74 Å². The van der Waals surface area contributed by atoms with Gasteiger partial charge in [0.15, 0.2) is 0 Å². The zero-order valence-electron chi connectivity index (χ0n) is 26.1. The fourth-order valence-corrected chi connectivity index (χ4v) is 6.51. The fourth-order valence-electron chi connectivity index (χ4n) is 6.51. The van der Waals surface area contributed by atoms with Crippen molar-refractivity contribution in [1.82, 2.24) is 19.3 Å². The molecule has 5 nitrogen and oxygen atoms in total. The molecule has 5 heteroatoms. The summed E-state index contributed by atoms with van der Waals surface area (Å²) in [6.45, 7) is 13.0. The second-order valence-corrected chi connectivity index (χ2v) is 12.0. The molecule has 0 spiro atoms. The van der Waals surface area contributed by atoms with Gasteiger partial charge < -0.3 is 4.74 Å². The number of benzene rings is 4. The molecule has 0 aliphatic heterocycles. The summed E-state index contributed by atoms with van der Waals surface area (Å²) in [5.74, 6) is 2.69. The summed E-state index contributed by atoms with van der Waals surface area (Å²) in [5.41, 5.74) is 11.6. The van der Waals surface area contributed by atoms with Gasteiger partial charge in [-0.25, -0.2) is 9.67 Å². The maximum absolute atomic E-state index is 6.54. The second-order valence-electron chi connectivity index (χ2n) is 12.0. The zero-order valence-corrected chi connectivity index (χ0v) is 26.1. The lowest BCUT2D eigenvalue weighted by atomic mass is 9.91. The Labute approximate surface area is 258 Å². The van der Waals surface area contributed by atoms with Gasteiger partial charge in [0.1, 0.15) is 17.3 Å². The number of nitrogens with zero attached hydrogens (tertiary/aromatic N) is 4. The van der Waals surface area contributed by atoms with Crippen molar-refractivity contribution in [1.29, 1.82) is 0 Å². The first-order valence-corrected chi connectivity index (χ1v) is 15.2. The van der Waals surface area contributed by atoms with Crippen LogP contribution in [0.2, 0.25) is 0 Å². The van der Waals surface area contributed by atoms with Gasteiger partial charge in [0.2, 0.25) is 0 Å². The Kier molecular flexibility index (Phi) is 6.81. The van der Waals surface area contributed by atoms with Crippen LogP contribution in [0.3, 0.4) is 0 Å². The van der Waals surface area contributed by atoms with Crippen LogP contribution in [0.25, 0.3) is 44.4 Å². The summed E-state index contributed by atoms with van der Waals surface area (Å²) < 4.78 is 10.9. The third-order valence-corrected chi connectivity index (χ3v) is 8.45. The number of ether oxygens (including phenoxy) is 1. The van der Waals surface area contributed by atoms with Gasteiger partial charge in [-0.1, -0.05) is 56.3 Å². The highest BCUT2D eigenvalue weighted by atomic mass is 16.5. The zero-order chi connectivity index (χ0) is 30.5. The Hall–Kier alpha value is -5.16. The second kappa shape index (κ2) is 10.8. The molecule has 0 atom stereocenters. The van der Waals surface area contributed by atoms with Crippen LogP contribution < -0.4 is 4.74 Å². The van der Waals surface area contributed by atoms with Crippen molar-refractivity contribution in [3.8, 4) is 34.1 Å². The van der Waals surface area contributed by atoms with Crippen molar-refractivity contribution in [3.63, 3.8) is 0 Å². The first-order valence-electron chi connectivity index (χ1n) is 15.2. The molecule has 4 aromatic carbocycles. The van der Waals surface area contributed by atoms with Gasteiger partial charge in [-0.15, -0.1) is 0 Å². The minimum absolute atomic E-state index is 0.273. The Morgan fingerprint density at radius 1 is 0.659 bits per heavy atom. The molecule has 0 aliphatic rings. The molecule has 0 amide bonds. The van der Waals surface area contributed by atoms with E-state index in [1.807, 2.05) is 30.5 Å². The highest BCUT2D eigenvalue weighted by Crippen LogP contribution is 2.39. The topological polar surface area (TPSA) is 44.9 Å². The summed E-state index contributed by atoms with van der Waals surface area (Å²) in [6.07, 6.45) is 1.87. The average molecular weight is 577 g/mol. The number of fused-ring (bicyclic) bond motifs is 3. The molecule has 44 heavy (non-hydrogen) atoms. The molecule has 0 bridgehead atoms. The quantitative estimate of drug-likeness (QED) is 0.198. The molecule has 0 unspecified atom stereocenters. The monoisotopic (exact) mass is 576 g/mol. The molecule has 0 radical (unpaired) electrons. The number of aromatic nitrogens is 4. The third-order valence-electron chi connectivity index (χ3n) is 8.45. The molecule has 0 fully saturated rings. The van der Waals surface area contributed by atoms with Gasteiger partial charge in [-0.2, -0.15) is 5.10 Å². The lowest BCUT2D eigenvalue weighted by molar-refractivity contribution is 0.482. The molecule has 0 saturated heterocycles. The number of para-hydroxylation sites is 1. The van der Waals surface area contributed by atoms with Crippen LogP contribution in [-0.2, 0) is 0 Å². The van der Waals surface area contributed by atoms with Gasteiger partial charge >= 0.3 is 0 Å². The summed E-state index contributed by atoms with van der Waals surface area (Å²) in [4.78, 5) is 4.72. The molecular formula is C39H36N4O. The van der Waals surface area contributed by atoms with E-state index in [9.17, 15) is 0 Å². The van der Waals surface area contributed by atoms with Crippen molar-refractivity contribution >= 4 is 21.8 Å². The maximum Gasteiger partial charge on any atom is 0.137 e. The lowest BCUT2D eigenvalue weighted by Crippen LogP contribution is -2.05. The van der Waals surface area contributed by atoms with Gasteiger partial charge in [0, 0.05) is 34.7 Å². The van der Waals surface area contributed by atoms with Gasteiger partial charge in [-0.3, -0.25) is 4.57 Å². The lowest BCUT2D eigenvalue weighted by Gasteiger charge is -2.16. The van der Waals surface area contributed by atoms with E-state index in [1.54, 1.807) is 0 Å². The Morgan fingerprint density at radius 3 is 2.16 bits per heavy atom. The minimum atomic E-state index is 0.273. The SMILES string of the molecule is Cc1ccnc(-n2c3ccccc3c3ccc(Oc4cccc(-n5nc(C)c(-c6c(C)cccc6C)c5C(C)C)c4)cc32)c1. The Balaban J connectivity index is 1.31. The van der Waals surface area contributed by atoms with E-state index in [0.29, 0.717) is 0 Å². The predicted octanol–water partition coefficient (Wildman–Crippen LogP) is 10.2. The van der Waals surface area contributed by atoms with Gasteiger partial charge in [-0.05, 0) is 98.3 Å². The van der Waals surface area contributed by atoms with Crippen LogP contribution >= 0.6 is 0 Å². The standard InChI is InChI=1S/C39H36N4O/c1-24(2)39-38(37-26(4)11-9-12-27(37)5)28(6)41-43(39)29-13-10-14-30(22-29)44-31-17-18-33-32-15-7-8-16-34(32)42(35(33)23-31)36-21-25(3)19-20-40-36/h7-24H,1-6H3. The van der Waals surface area contributed by atoms with Crippen LogP contribution in [0.5, 0.6) is 11.5 Å². The first-order chi connectivity index (χ1) is 21.3. The highest BCUT2D eigenvalue weighted by molar-refractivity contribution is 6.09. The third kappa shape index (κ3) is 4.65. The molecule has 0 saturated carbocycles. The van der Waals surface area contributed by atoms with Crippen LogP contribution in [-0.4, -0.2) is 19.3 Å². The van der Waals surface area contributed by atoms with E-state index in [0.717, 1.165) is 45.1 Å². The molecule has 0 N–H and O–H groups in total. The summed E-state index contributed by atoms with van der Waals surface area (Å²) >= 11 is 0. The van der Waals surface area contributed by atoms with Crippen LogP contribution in [0.1, 0.15) is 47.8 Å². The van der Waals surface area contributed by atoms with Crippen molar-refractivity contribution in [2.75, 3.05) is 0 Å². The van der Waals surface area contributed by atoms with E-state index < -0.39 is 0 Å². The molecule has 3 heterocycles. The molecule has 218 valence electrons. The van der Waals surface area contributed by atoms with Crippen molar-refractivity contribution in [2.24, 2.45) is 0 Å². The van der Waals surface area contributed by atoms with Crippen molar-refractivity contribution in [2.45, 2.75) is 47.5 Å². The van der Waals surface area contributed by atoms with E-state index in [4.69, 9.17) is 14.8 Å². The predicted molar refractivity (Wildman–Crippen MR) is 181 cm³/mol. The number of aryl methyl sites for hydroxylation is 4. The Morgan fingerprint density at radius 2 is 1.39 bits per heavy atom. The Bertz CT molecular complexity index is 2160. The number of rotatable bonds is 6. The maximum atomic E-state index is 6.54. The molecule has 3 aromatic heterocycles. The normalized spacial score (nSPS) is 11.6. The average Bonchev–Trinajstić information content (AvgIpc) is 3.52. The van der Waals surface area contributed by atoms with Gasteiger partial charge in [0.25, 0.3) is 0 Å². The van der Waals surface area contributed by atoms with E-state index in [2.05, 4.69) is 124 Å². The number of hydrogen-bond donors (Lipinski definition) is 0. The molecular weight excluding hydrogens is 540 g/mol. The molecule has 7 aromatic rings. The highest BCUT2D eigenvalue weighted by Gasteiger charge is 2.23. The largest absolute Gasteiger partial charge is 0.457 e. The van der Waals surface area contributed by atoms with Crippen LogP contribution in [0, 0.1) is 27.7 Å². The summed E-state index contributed by atoms with van der Waals surface area (Å²) in [5, 5.41) is 7.43. The fraction of sp³-hybridized carbons (Fsp3) is 0.179. The van der Waals surface area contributed by atoms with E-state index in [-0.39, 0.29) is 5.92 Å². The summed E-state index contributed by atoms with van der Waals surface area (Å²) in [7, 11) is 0. The van der Waals surface area contributed by atoms with E-state index >= 15 is 0 Å². The van der Waals surface area contributed by atoms with Gasteiger partial charge in [0.05, 0.1) is 28.1 Å². The molecule has 7 rings (SSSR count). The van der Waals surface area contributed by atoms with E-state index in [1.165, 1.54) is 38.9 Å². The number of hydrogen-bond acceptors (Lipinski definition) is 3. The first kappa shape index (κ1) is 27.7. The summed E-state index contributed by atoms with van der Waals surface area (Å²) in [6, 6.07) is 33.6. The number of pyridine rings is 1. The van der Waals surface area contributed by atoms with Crippen molar-refractivity contribution in [3.05, 3.63) is 131 Å². The molecule has 0 aliphatic carbocycles. The minimum Gasteiger partial charge on any atom is -0.457 e. The van der Waals surface area contributed by atoms with Crippen LogP contribution in [0.15, 0.2) is 103 Å². The smallest absolute Gasteiger partial charge is 0.137 e. The van der Waals surface area contributed by atoms with Crippen LogP contribution in [0.4, 0.5) is 0 Å².